The van der Waals surface area contributed by atoms with E-state index in [2.05, 4.69) is 20.9 Å². The molecule has 23 heavy (non-hydrogen) atoms. The summed E-state index contributed by atoms with van der Waals surface area (Å²) in [6.45, 7) is 2.28. The van der Waals surface area contributed by atoms with Gasteiger partial charge in [0.15, 0.2) is 0 Å². The molecule has 1 saturated heterocycles. The fraction of sp³-hybridized carbons (Fsp3) is 0.353. The molecule has 2 aromatic rings. The first-order valence-electron chi connectivity index (χ1n) is 7.61. The van der Waals surface area contributed by atoms with Crippen LogP contribution in [0.4, 0.5) is 5.82 Å². The second-order valence-corrected chi connectivity index (χ2v) is 5.95. The van der Waals surface area contributed by atoms with E-state index in [1.165, 1.54) is 0 Å². The minimum absolute atomic E-state index is 0.357. The van der Waals surface area contributed by atoms with Crippen molar-refractivity contribution in [2.24, 2.45) is 5.92 Å². The van der Waals surface area contributed by atoms with Gasteiger partial charge in [0.2, 0.25) is 5.88 Å². The van der Waals surface area contributed by atoms with Crippen molar-refractivity contribution in [3.8, 4) is 11.9 Å². The molecule has 1 atom stereocenters. The molecule has 1 unspecified atom stereocenters. The van der Waals surface area contributed by atoms with Gasteiger partial charge in [0, 0.05) is 31.4 Å². The van der Waals surface area contributed by atoms with Crippen LogP contribution >= 0.6 is 11.6 Å². The van der Waals surface area contributed by atoms with E-state index in [9.17, 15) is 5.26 Å². The van der Waals surface area contributed by atoms with E-state index >= 15 is 0 Å². The minimum atomic E-state index is 0.357. The molecule has 1 aliphatic rings. The van der Waals surface area contributed by atoms with Gasteiger partial charge in [-0.15, -0.1) is 0 Å². The third-order valence-corrected chi connectivity index (χ3v) is 4.19. The monoisotopic (exact) mass is 328 g/mol. The zero-order valence-corrected chi connectivity index (χ0v) is 13.4. The van der Waals surface area contributed by atoms with Crippen LogP contribution in [0.15, 0.2) is 36.7 Å². The molecular formula is C17H17ClN4O. The number of piperidine rings is 1. The lowest BCUT2D eigenvalue weighted by Crippen LogP contribution is -2.38. The third kappa shape index (κ3) is 3.72. The number of aromatic nitrogens is 2. The van der Waals surface area contributed by atoms with Crippen molar-refractivity contribution in [2.75, 3.05) is 24.6 Å². The number of halogens is 1. The van der Waals surface area contributed by atoms with E-state index in [1.807, 2.05) is 0 Å². The molecule has 0 N–H and O–H groups in total. The molecule has 1 fully saturated rings. The van der Waals surface area contributed by atoms with Crippen molar-refractivity contribution in [1.82, 2.24) is 9.97 Å². The zero-order valence-electron chi connectivity index (χ0n) is 12.7. The number of nitrogens with zero attached hydrogens (tertiary/aromatic N) is 4. The predicted octanol–water partition coefficient (Wildman–Crippen LogP) is 3.30. The summed E-state index contributed by atoms with van der Waals surface area (Å²) in [7, 11) is 0. The summed E-state index contributed by atoms with van der Waals surface area (Å²) in [5.41, 5.74) is 0.613. The van der Waals surface area contributed by atoms with Gasteiger partial charge in [0.1, 0.15) is 16.9 Å². The lowest BCUT2D eigenvalue weighted by molar-refractivity contribution is 0.221. The average molecular weight is 329 g/mol. The van der Waals surface area contributed by atoms with Crippen molar-refractivity contribution in [2.45, 2.75) is 12.8 Å². The Balaban J connectivity index is 1.65. The van der Waals surface area contributed by atoms with Crippen LogP contribution in [0.1, 0.15) is 18.4 Å². The molecule has 0 aliphatic carbocycles. The number of hydrogen-bond donors (Lipinski definition) is 0. The molecule has 5 nitrogen and oxygen atoms in total. The molecule has 6 heteroatoms. The Hall–Kier alpha value is -2.32. The summed E-state index contributed by atoms with van der Waals surface area (Å²) < 4.78 is 5.76. The first-order valence-corrected chi connectivity index (χ1v) is 7.99. The summed E-state index contributed by atoms with van der Waals surface area (Å²) in [6.07, 6.45) is 5.52. The first-order chi connectivity index (χ1) is 11.3. The Morgan fingerprint density at radius 2 is 2.13 bits per heavy atom. The topological polar surface area (TPSA) is 62.0 Å². The van der Waals surface area contributed by atoms with Crippen LogP contribution in [0.3, 0.4) is 0 Å². The largest absolute Gasteiger partial charge is 0.476 e. The molecule has 0 spiro atoms. The van der Waals surface area contributed by atoms with Gasteiger partial charge < -0.3 is 9.64 Å². The smallest absolute Gasteiger partial charge is 0.232 e. The van der Waals surface area contributed by atoms with Gasteiger partial charge in [0.05, 0.1) is 12.2 Å². The van der Waals surface area contributed by atoms with E-state index in [4.69, 9.17) is 16.3 Å². The molecule has 0 aromatic carbocycles. The molecule has 3 rings (SSSR count). The van der Waals surface area contributed by atoms with E-state index in [0.29, 0.717) is 29.0 Å². The highest BCUT2D eigenvalue weighted by Gasteiger charge is 2.23. The van der Waals surface area contributed by atoms with Gasteiger partial charge in [-0.3, -0.25) is 0 Å². The maximum atomic E-state index is 9.23. The van der Waals surface area contributed by atoms with Crippen molar-refractivity contribution in [3.05, 3.63) is 47.2 Å². The number of nitriles is 1. The second-order valence-electron chi connectivity index (χ2n) is 5.54. The summed E-state index contributed by atoms with van der Waals surface area (Å²) in [5, 5.41) is 9.76. The van der Waals surface area contributed by atoms with Crippen LogP contribution in [-0.4, -0.2) is 29.7 Å². The highest BCUT2D eigenvalue weighted by Crippen LogP contribution is 2.26. The van der Waals surface area contributed by atoms with Gasteiger partial charge >= 0.3 is 0 Å². The number of hydrogen-bond acceptors (Lipinski definition) is 5. The summed E-state index contributed by atoms with van der Waals surface area (Å²) >= 11 is 6.06. The molecule has 3 heterocycles. The molecule has 0 amide bonds. The van der Waals surface area contributed by atoms with E-state index in [-0.39, 0.29) is 0 Å². The standard InChI is InChI=1S/C17H17ClN4O/c18-15-6-2-8-21-17(15)23-12-13-4-3-9-22(11-13)16-14(10-19)5-1-7-20-16/h1-2,5-8,13H,3-4,9,11-12H2. The van der Waals surface area contributed by atoms with Crippen LogP contribution < -0.4 is 9.64 Å². The van der Waals surface area contributed by atoms with Crippen LogP contribution in [-0.2, 0) is 0 Å². The van der Waals surface area contributed by atoms with E-state index < -0.39 is 0 Å². The fourth-order valence-electron chi connectivity index (χ4n) is 2.80. The quantitative estimate of drug-likeness (QED) is 0.861. The van der Waals surface area contributed by atoms with Gasteiger partial charge in [-0.05, 0) is 37.1 Å². The molecule has 0 bridgehead atoms. The summed E-state index contributed by atoms with van der Waals surface area (Å²) in [4.78, 5) is 10.7. The summed E-state index contributed by atoms with van der Waals surface area (Å²) in [5.74, 6) is 1.59. The Labute approximate surface area is 140 Å². The highest BCUT2D eigenvalue weighted by atomic mass is 35.5. The first kappa shape index (κ1) is 15.6. The molecule has 1 aliphatic heterocycles. The predicted molar refractivity (Wildman–Crippen MR) is 88.6 cm³/mol. The average Bonchev–Trinajstić information content (AvgIpc) is 2.61. The Kier molecular flexibility index (Phi) is 4.94. The second kappa shape index (κ2) is 7.30. The van der Waals surface area contributed by atoms with E-state index in [1.54, 1.807) is 36.7 Å². The van der Waals surface area contributed by atoms with Crippen molar-refractivity contribution >= 4 is 17.4 Å². The molecular weight excluding hydrogens is 312 g/mol. The van der Waals surface area contributed by atoms with Gasteiger partial charge in [0.25, 0.3) is 0 Å². The maximum absolute atomic E-state index is 9.23. The number of pyridine rings is 2. The maximum Gasteiger partial charge on any atom is 0.232 e. The zero-order chi connectivity index (χ0) is 16.1. The number of rotatable bonds is 4. The molecule has 2 aromatic heterocycles. The fourth-order valence-corrected chi connectivity index (χ4v) is 2.98. The molecule has 118 valence electrons. The Morgan fingerprint density at radius 1 is 1.30 bits per heavy atom. The number of ether oxygens (including phenoxy) is 1. The lowest BCUT2D eigenvalue weighted by Gasteiger charge is -2.33. The van der Waals surface area contributed by atoms with Crippen molar-refractivity contribution in [3.63, 3.8) is 0 Å². The van der Waals surface area contributed by atoms with Crippen molar-refractivity contribution < 1.29 is 4.74 Å². The van der Waals surface area contributed by atoms with Gasteiger partial charge in [-0.1, -0.05) is 11.6 Å². The summed E-state index contributed by atoms with van der Waals surface area (Å²) in [6, 6.07) is 9.35. The van der Waals surface area contributed by atoms with Crippen LogP contribution in [0.5, 0.6) is 5.88 Å². The molecule has 0 radical (unpaired) electrons. The van der Waals surface area contributed by atoms with Crippen LogP contribution in [0, 0.1) is 17.2 Å². The minimum Gasteiger partial charge on any atom is -0.476 e. The Morgan fingerprint density at radius 3 is 2.96 bits per heavy atom. The van der Waals surface area contributed by atoms with Gasteiger partial charge in [-0.25, -0.2) is 9.97 Å². The molecule has 0 saturated carbocycles. The van der Waals surface area contributed by atoms with E-state index in [0.717, 1.165) is 31.7 Å². The lowest BCUT2D eigenvalue weighted by atomic mass is 9.98. The SMILES string of the molecule is N#Cc1cccnc1N1CCCC(COc2ncccc2Cl)C1. The third-order valence-electron chi connectivity index (χ3n) is 3.91. The van der Waals surface area contributed by atoms with Crippen molar-refractivity contribution in [1.29, 1.82) is 5.26 Å². The number of anilines is 1. The normalized spacial score (nSPS) is 17.6. The van der Waals surface area contributed by atoms with Gasteiger partial charge in [-0.2, -0.15) is 5.26 Å². The highest BCUT2D eigenvalue weighted by molar-refractivity contribution is 6.31. The van der Waals surface area contributed by atoms with Crippen LogP contribution in [0.2, 0.25) is 5.02 Å². The Bertz CT molecular complexity index is 716. The van der Waals surface area contributed by atoms with Crippen LogP contribution in [0.25, 0.3) is 0 Å².